The van der Waals surface area contributed by atoms with Crippen LogP contribution in [0, 0.1) is 13.8 Å². The summed E-state index contributed by atoms with van der Waals surface area (Å²) >= 11 is 1.45. The summed E-state index contributed by atoms with van der Waals surface area (Å²) in [5.74, 6) is -0.309. The van der Waals surface area contributed by atoms with Crippen LogP contribution in [-0.4, -0.2) is 23.9 Å². The number of hydrogen-bond donors (Lipinski definition) is 1. The van der Waals surface area contributed by atoms with Gasteiger partial charge in [-0.2, -0.15) is 0 Å². The van der Waals surface area contributed by atoms with E-state index in [1.165, 1.54) is 16.2 Å². The lowest BCUT2D eigenvalue weighted by atomic mass is 9.97. The van der Waals surface area contributed by atoms with Gasteiger partial charge in [-0.05, 0) is 84.4 Å². The van der Waals surface area contributed by atoms with E-state index in [9.17, 15) is 14.7 Å². The van der Waals surface area contributed by atoms with Crippen LogP contribution in [0.4, 0.5) is 5.69 Å². The first kappa shape index (κ1) is 25.3. The topological polar surface area (TPSA) is 76.1 Å². The zero-order valence-corrected chi connectivity index (χ0v) is 22.1. The Hall–Kier alpha value is -4.36. The minimum atomic E-state index is -0.752. The molecule has 192 valence electrons. The predicted octanol–water partition coefficient (Wildman–Crippen LogP) is 6.58. The monoisotopic (exact) mass is 525 g/mol. The zero-order chi connectivity index (χ0) is 26.8. The molecule has 38 heavy (non-hydrogen) atoms. The maximum absolute atomic E-state index is 13.4. The third-order valence-corrected chi connectivity index (χ3v) is 7.70. The molecule has 1 aliphatic rings. The summed E-state index contributed by atoms with van der Waals surface area (Å²) in [6.45, 7) is 4.23. The number of nitrogens with zero attached hydrogens (tertiary/aromatic N) is 1. The van der Waals surface area contributed by atoms with Crippen LogP contribution in [0.25, 0.3) is 5.76 Å². The number of benzene rings is 3. The largest absolute Gasteiger partial charge is 0.507 e. The van der Waals surface area contributed by atoms with Crippen molar-refractivity contribution < 1.29 is 24.2 Å². The van der Waals surface area contributed by atoms with E-state index in [0.717, 1.165) is 21.6 Å². The Balaban J connectivity index is 1.54. The molecule has 3 aromatic carbocycles. The molecule has 1 saturated heterocycles. The number of carbonyl (C=O) groups excluding carboxylic acids is 2. The third-order valence-electron chi connectivity index (χ3n) is 6.63. The molecule has 1 N–H and O–H groups in total. The van der Waals surface area contributed by atoms with E-state index in [1.807, 2.05) is 55.6 Å². The number of aryl methyl sites for hydroxylation is 2. The van der Waals surface area contributed by atoms with Gasteiger partial charge in [-0.3, -0.25) is 14.5 Å². The Morgan fingerprint density at radius 1 is 0.947 bits per heavy atom. The lowest BCUT2D eigenvalue weighted by Crippen LogP contribution is -2.29. The number of thiophene rings is 1. The molecular weight excluding hydrogens is 498 g/mol. The normalized spacial score (nSPS) is 16.6. The summed E-state index contributed by atoms with van der Waals surface area (Å²) in [4.78, 5) is 29.0. The van der Waals surface area contributed by atoms with E-state index in [1.54, 1.807) is 49.6 Å². The lowest BCUT2D eigenvalue weighted by molar-refractivity contribution is -0.132. The second-order valence-corrected chi connectivity index (χ2v) is 10.0. The first-order valence-electron chi connectivity index (χ1n) is 12.2. The molecule has 1 unspecified atom stereocenters. The van der Waals surface area contributed by atoms with Gasteiger partial charge in [0, 0.05) is 16.1 Å². The standard InChI is InChI=1S/C31H27NO5S/c1-19-15-16-38-30(19)27-26(29(34)31(35)32(27)23-10-12-24(36-3)13-11-23)28(33)22-9-14-25(20(2)17-22)37-18-21-7-5-4-6-8-21/h4-17,27,33H,18H2,1-3H3/b28-26-. The first-order chi connectivity index (χ1) is 18.4. The molecular formula is C31H27NO5S. The summed E-state index contributed by atoms with van der Waals surface area (Å²) in [6.07, 6.45) is 0. The van der Waals surface area contributed by atoms with Gasteiger partial charge in [0.15, 0.2) is 0 Å². The number of rotatable bonds is 7. The van der Waals surface area contributed by atoms with Crippen molar-refractivity contribution in [3.05, 3.63) is 117 Å². The Morgan fingerprint density at radius 2 is 1.68 bits per heavy atom. The second-order valence-electron chi connectivity index (χ2n) is 9.09. The highest BCUT2D eigenvalue weighted by molar-refractivity contribution is 7.10. The average molecular weight is 526 g/mol. The summed E-state index contributed by atoms with van der Waals surface area (Å²) in [5.41, 5.74) is 3.84. The van der Waals surface area contributed by atoms with E-state index in [4.69, 9.17) is 9.47 Å². The van der Waals surface area contributed by atoms with Gasteiger partial charge in [0.2, 0.25) is 0 Å². The van der Waals surface area contributed by atoms with Gasteiger partial charge in [-0.1, -0.05) is 30.3 Å². The molecule has 0 spiro atoms. The minimum absolute atomic E-state index is 0.0636. The SMILES string of the molecule is COc1ccc(N2C(=O)C(=O)/C(=C(\O)c3ccc(OCc4ccccc4)c(C)c3)C2c2sccc2C)cc1. The molecule has 1 aliphatic heterocycles. The van der Waals surface area contributed by atoms with E-state index < -0.39 is 17.7 Å². The number of ketones is 1. The molecule has 7 heteroatoms. The molecule has 1 amide bonds. The van der Waals surface area contributed by atoms with Crippen LogP contribution in [0.2, 0.25) is 0 Å². The van der Waals surface area contributed by atoms with Gasteiger partial charge in [-0.25, -0.2) is 0 Å². The molecule has 0 saturated carbocycles. The van der Waals surface area contributed by atoms with Crippen molar-refractivity contribution in [3.8, 4) is 11.5 Å². The number of ether oxygens (including phenoxy) is 2. The Morgan fingerprint density at radius 3 is 2.32 bits per heavy atom. The summed E-state index contributed by atoms with van der Waals surface area (Å²) in [7, 11) is 1.57. The number of hydrogen-bond acceptors (Lipinski definition) is 6. The number of aliphatic hydroxyl groups excluding tert-OH is 1. The number of amides is 1. The van der Waals surface area contributed by atoms with Crippen LogP contribution in [0.5, 0.6) is 11.5 Å². The van der Waals surface area contributed by atoms with Gasteiger partial charge in [0.25, 0.3) is 11.7 Å². The molecule has 4 aromatic rings. The fourth-order valence-electron chi connectivity index (χ4n) is 4.60. The van der Waals surface area contributed by atoms with Gasteiger partial charge in [0.05, 0.1) is 12.7 Å². The fourth-order valence-corrected chi connectivity index (χ4v) is 5.63. The molecule has 1 atom stereocenters. The molecule has 0 radical (unpaired) electrons. The van der Waals surface area contributed by atoms with Crippen LogP contribution in [-0.2, 0) is 16.2 Å². The van der Waals surface area contributed by atoms with Crippen LogP contribution in [0.15, 0.2) is 89.8 Å². The number of Topliss-reactive ketones (excluding diaryl/α,β-unsaturated/α-hetero) is 1. The van der Waals surface area contributed by atoms with Crippen molar-refractivity contribution >= 4 is 34.5 Å². The minimum Gasteiger partial charge on any atom is -0.507 e. The van der Waals surface area contributed by atoms with Crippen molar-refractivity contribution in [2.75, 3.05) is 12.0 Å². The summed E-state index contributed by atoms with van der Waals surface area (Å²) < 4.78 is 11.2. The lowest BCUT2D eigenvalue weighted by Gasteiger charge is -2.25. The number of methoxy groups -OCH3 is 1. The molecule has 6 nitrogen and oxygen atoms in total. The van der Waals surface area contributed by atoms with Crippen molar-refractivity contribution in [2.24, 2.45) is 0 Å². The van der Waals surface area contributed by atoms with Crippen molar-refractivity contribution in [1.29, 1.82) is 0 Å². The molecule has 1 fully saturated rings. The smallest absolute Gasteiger partial charge is 0.300 e. The zero-order valence-electron chi connectivity index (χ0n) is 21.3. The van der Waals surface area contributed by atoms with Crippen molar-refractivity contribution in [2.45, 2.75) is 26.5 Å². The highest BCUT2D eigenvalue weighted by Crippen LogP contribution is 2.45. The average Bonchev–Trinajstić information content (AvgIpc) is 3.47. The number of aliphatic hydroxyl groups is 1. The predicted molar refractivity (Wildman–Crippen MR) is 149 cm³/mol. The molecule has 1 aromatic heterocycles. The molecule has 5 rings (SSSR count). The molecule has 0 aliphatic carbocycles. The highest BCUT2D eigenvalue weighted by Gasteiger charge is 2.48. The number of carbonyl (C=O) groups is 2. The summed E-state index contributed by atoms with van der Waals surface area (Å²) in [5, 5.41) is 13.4. The highest BCUT2D eigenvalue weighted by atomic mass is 32.1. The third kappa shape index (κ3) is 4.68. The Kier molecular flexibility index (Phi) is 7.03. The Labute approximate surface area is 225 Å². The van der Waals surface area contributed by atoms with Crippen LogP contribution in [0.3, 0.4) is 0 Å². The number of anilines is 1. The molecule has 2 heterocycles. The maximum Gasteiger partial charge on any atom is 0.300 e. The van der Waals surface area contributed by atoms with Gasteiger partial charge >= 0.3 is 0 Å². The van der Waals surface area contributed by atoms with Crippen LogP contribution in [0.1, 0.15) is 33.2 Å². The maximum atomic E-state index is 13.4. The van der Waals surface area contributed by atoms with Crippen molar-refractivity contribution in [3.63, 3.8) is 0 Å². The van der Waals surface area contributed by atoms with E-state index in [-0.39, 0.29) is 11.3 Å². The van der Waals surface area contributed by atoms with Crippen LogP contribution >= 0.6 is 11.3 Å². The quantitative estimate of drug-likeness (QED) is 0.168. The van der Waals surface area contributed by atoms with Crippen LogP contribution < -0.4 is 14.4 Å². The van der Waals surface area contributed by atoms with E-state index in [2.05, 4.69) is 0 Å². The van der Waals surface area contributed by atoms with Gasteiger partial charge < -0.3 is 14.6 Å². The Bertz CT molecular complexity index is 1520. The molecule has 0 bridgehead atoms. The van der Waals surface area contributed by atoms with E-state index >= 15 is 0 Å². The van der Waals surface area contributed by atoms with Crippen molar-refractivity contribution in [1.82, 2.24) is 0 Å². The second kappa shape index (κ2) is 10.6. The van der Waals surface area contributed by atoms with Gasteiger partial charge in [-0.15, -0.1) is 11.3 Å². The first-order valence-corrected chi connectivity index (χ1v) is 13.0. The fraction of sp³-hybridized carbons (Fsp3) is 0.161. The summed E-state index contributed by atoms with van der Waals surface area (Å²) in [6, 6.07) is 23.3. The van der Waals surface area contributed by atoms with E-state index in [0.29, 0.717) is 29.4 Å². The van der Waals surface area contributed by atoms with Gasteiger partial charge in [0.1, 0.15) is 29.9 Å².